The SMILES string of the molecule is CCCCN(C(=S)NCc1ccc(F)cc1)[C@@H]1CCS(=O)(=O)C1. The number of rotatable bonds is 6. The second-order valence-corrected chi connectivity index (χ2v) is 8.50. The molecule has 23 heavy (non-hydrogen) atoms. The molecule has 4 nitrogen and oxygen atoms in total. The standard InChI is InChI=1S/C16H23FN2O2S2/c1-2-3-9-19(15-8-10-23(20,21)12-15)16(22)18-11-13-4-6-14(17)7-5-13/h4-7,15H,2-3,8-12H2,1H3,(H,18,22)/t15-/m1/s1. The van der Waals surface area contributed by atoms with Gasteiger partial charge in [-0.3, -0.25) is 0 Å². The molecule has 0 unspecified atom stereocenters. The Bertz CT molecular complexity index is 632. The Morgan fingerprint density at radius 2 is 2.09 bits per heavy atom. The van der Waals surface area contributed by atoms with Crippen LogP contribution in [0.5, 0.6) is 0 Å². The highest BCUT2D eigenvalue weighted by atomic mass is 32.2. The summed E-state index contributed by atoms with van der Waals surface area (Å²) in [5.74, 6) is 0.146. The molecule has 1 atom stereocenters. The molecule has 7 heteroatoms. The monoisotopic (exact) mass is 358 g/mol. The highest BCUT2D eigenvalue weighted by Gasteiger charge is 2.33. The predicted molar refractivity (Wildman–Crippen MR) is 94.5 cm³/mol. The number of hydrogen-bond donors (Lipinski definition) is 1. The van der Waals surface area contributed by atoms with Crippen molar-refractivity contribution in [2.75, 3.05) is 18.1 Å². The van der Waals surface area contributed by atoms with Gasteiger partial charge in [-0.15, -0.1) is 0 Å². The maximum atomic E-state index is 12.9. The number of thiocarbonyl (C=S) groups is 1. The van der Waals surface area contributed by atoms with E-state index in [4.69, 9.17) is 12.2 Å². The van der Waals surface area contributed by atoms with E-state index < -0.39 is 9.84 Å². The van der Waals surface area contributed by atoms with Crippen LogP contribution in [0.4, 0.5) is 4.39 Å². The molecule has 1 saturated heterocycles. The molecular formula is C16H23FN2O2S2. The number of hydrogen-bond acceptors (Lipinski definition) is 3. The molecule has 1 aliphatic rings. The van der Waals surface area contributed by atoms with Crippen molar-refractivity contribution in [2.45, 2.75) is 38.8 Å². The third kappa shape index (κ3) is 5.42. The highest BCUT2D eigenvalue weighted by Crippen LogP contribution is 2.19. The summed E-state index contributed by atoms with van der Waals surface area (Å²) in [5.41, 5.74) is 0.934. The fraction of sp³-hybridized carbons (Fsp3) is 0.562. The summed E-state index contributed by atoms with van der Waals surface area (Å²) in [7, 11) is -2.94. The van der Waals surface area contributed by atoms with Crippen LogP contribution in [0.25, 0.3) is 0 Å². The van der Waals surface area contributed by atoms with Crippen molar-refractivity contribution >= 4 is 27.2 Å². The summed E-state index contributed by atoms with van der Waals surface area (Å²) in [5, 5.41) is 3.75. The Hall–Kier alpha value is -1.21. The third-order valence-corrected chi connectivity index (χ3v) is 6.15. The van der Waals surface area contributed by atoms with Gasteiger partial charge in [0.1, 0.15) is 5.82 Å². The minimum Gasteiger partial charge on any atom is -0.358 e. The third-order valence-electron chi connectivity index (χ3n) is 4.02. The van der Waals surface area contributed by atoms with E-state index in [1.54, 1.807) is 12.1 Å². The highest BCUT2D eigenvalue weighted by molar-refractivity contribution is 7.91. The molecule has 1 aromatic rings. The average molecular weight is 359 g/mol. The first-order valence-corrected chi connectivity index (χ1v) is 10.1. The second-order valence-electron chi connectivity index (χ2n) is 5.89. The van der Waals surface area contributed by atoms with Gasteiger partial charge in [0.2, 0.25) is 0 Å². The number of unbranched alkanes of at least 4 members (excludes halogenated alkanes) is 1. The lowest BCUT2D eigenvalue weighted by Gasteiger charge is -2.31. The largest absolute Gasteiger partial charge is 0.358 e. The second kappa shape index (κ2) is 8.06. The average Bonchev–Trinajstić information content (AvgIpc) is 2.87. The molecule has 0 bridgehead atoms. The van der Waals surface area contributed by atoms with Crippen molar-refractivity contribution in [2.24, 2.45) is 0 Å². The zero-order valence-electron chi connectivity index (χ0n) is 13.3. The minimum atomic E-state index is -2.94. The van der Waals surface area contributed by atoms with Gasteiger partial charge < -0.3 is 10.2 Å². The summed E-state index contributed by atoms with van der Waals surface area (Å²) in [6, 6.07) is 6.21. The van der Waals surface area contributed by atoms with Crippen LogP contribution < -0.4 is 5.32 Å². The lowest BCUT2D eigenvalue weighted by Crippen LogP contribution is -2.46. The first kappa shape index (κ1) is 18.1. The van der Waals surface area contributed by atoms with Crippen LogP contribution in [0.15, 0.2) is 24.3 Å². The quantitative estimate of drug-likeness (QED) is 0.792. The Balaban J connectivity index is 1.97. The van der Waals surface area contributed by atoms with E-state index >= 15 is 0 Å². The van der Waals surface area contributed by atoms with Crippen molar-refractivity contribution in [3.05, 3.63) is 35.6 Å². The zero-order chi connectivity index (χ0) is 16.9. The number of halogens is 1. The Morgan fingerprint density at radius 1 is 1.39 bits per heavy atom. The Morgan fingerprint density at radius 3 is 2.65 bits per heavy atom. The number of nitrogens with one attached hydrogen (secondary N) is 1. The molecule has 1 aliphatic heterocycles. The number of nitrogens with zero attached hydrogens (tertiary/aromatic N) is 1. The van der Waals surface area contributed by atoms with Gasteiger partial charge >= 0.3 is 0 Å². The topological polar surface area (TPSA) is 49.4 Å². The van der Waals surface area contributed by atoms with Crippen molar-refractivity contribution in [3.63, 3.8) is 0 Å². The van der Waals surface area contributed by atoms with Crippen LogP contribution in [0, 0.1) is 5.82 Å². The van der Waals surface area contributed by atoms with Gasteiger partial charge in [0.05, 0.1) is 11.5 Å². The lowest BCUT2D eigenvalue weighted by atomic mass is 10.2. The van der Waals surface area contributed by atoms with E-state index in [1.807, 2.05) is 4.90 Å². The molecule has 128 valence electrons. The molecule has 0 spiro atoms. The summed E-state index contributed by atoms with van der Waals surface area (Å²) >= 11 is 5.47. The van der Waals surface area contributed by atoms with Crippen LogP contribution in [-0.2, 0) is 16.4 Å². The Labute approximate surface area is 143 Å². The van der Waals surface area contributed by atoms with Gasteiger partial charge in [0.15, 0.2) is 14.9 Å². The zero-order valence-corrected chi connectivity index (χ0v) is 14.9. The van der Waals surface area contributed by atoms with E-state index in [0.717, 1.165) is 24.9 Å². The summed E-state index contributed by atoms with van der Waals surface area (Å²) in [6.07, 6.45) is 2.62. The lowest BCUT2D eigenvalue weighted by molar-refractivity contribution is 0.324. The molecule has 2 rings (SSSR count). The molecular weight excluding hydrogens is 335 g/mol. The van der Waals surface area contributed by atoms with Crippen molar-refractivity contribution < 1.29 is 12.8 Å². The molecule has 1 fully saturated rings. The van der Waals surface area contributed by atoms with Gasteiger partial charge in [-0.2, -0.15) is 0 Å². The van der Waals surface area contributed by atoms with Crippen LogP contribution >= 0.6 is 12.2 Å². The van der Waals surface area contributed by atoms with Crippen LogP contribution in [0.1, 0.15) is 31.7 Å². The molecule has 0 aromatic heterocycles. The molecule has 0 aliphatic carbocycles. The van der Waals surface area contributed by atoms with E-state index in [2.05, 4.69) is 12.2 Å². The van der Waals surface area contributed by atoms with E-state index in [9.17, 15) is 12.8 Å². The maximum Gasteiger partial charge on any atom is 0.169 e. The van der Waals surface area contributed by atoms with Gasteiger partial charge in [0.25, 0.3) is 0 Å². The molecule has 1 aromatic carbocycles. The number of sulfone groups is 1. The maximum absolute atomic E-state index is 12.9. The molecule has 1 heterocycles. The van der Waals surface area contributed by atoms with Crippen molar-refractivity contribution in [1.82, 2.24) is 10.2 Å². The normalized spacial score (nSPS) is 19.5. The minimum absolute atomic E-state index is 0.0419. The van der Waals surface area contributed by atoms with Crippen molar-refractivity contribution in [1.29, 1.82) is 0 Å². The van der Waals surface area contributed by atoms with Crippen LogP contribution in [0.2, 0.25) is 0 Å². The van der Waals surface area contributed by atoms with Gasteiger partial charge in [0, 0.05) is 19.1 Å². The van der Waals surface area contributed by atoms with Crippen molar-refractivity contribution in [3.8, 4) is 0 Å². The van der Waals surface area contributed by atoms with E-state index in [0.29, 0.717) is 18.1 Å². The number of benzene rings is 1. The molecule has 1 N–H and O–H groups in total. The van der Waals surface area contributed by atoms with Gasteiger partial charge in [-0.1, -0.05) is 25.5 Å². The fourth-order valence-corrected chi connectivity index (χ4v) is 4.72. The van der Waals surface area contributed by atoms with Gasteiger partial charge in [-0.25, -0.2) is 12.8 Å². The van der Waals surface area contributed by atoms with Crippen LogP contribution in [0.3, 0.4) is 0 Å². The summed E-state index contributed by atoms with van der Waals surface area (Å²) in [6.45, 7) is 3.35. The molecule has 0 saturated carbocycles. The molecule has 0 radical (unpaired) electrons. The van der Waals surface area contributed by atoms with E-state index in [-0.39, 0.29) is 23.4 Å². The first-order chi connectivity index (χ1) is 10.9. The summed E-state index contributed by atoms with van der Waals surface area (Å²) in [4.78, 5) is 2.01. The van der Waals surface area contributed by atoms with Gasteiger partial charge in [-0.05, 0) is 42.8 Å². The van der Waals surface area contributed by atoms with Crippen LogP contribution in [-0.4, -0.2) is 42.5 Å². The predicted octanol–water partition coefficient (Wildman–Crippen LogP) is 2.49. The Kier molecular flexibility index (Phi) is 6.35. The smallest absolute Gasteiger partial charge is 0.169 e. The summed E-state index contributed by atoms with van der Waals surface area (Å²) < 4.78 is 36.4. The van der Waals surface area contributed by atoms with E-state index in [1.165, 1.54) is 12.1 Å². The fourth-order valence-electron chi connectivity index (χ4n) is 2.68. The molecule has 0 amide bonds. The first-order valence-electron chi connectivity index (χ1n) is 7.90.